The van der Waals surface area contributed by atoms with E-state index in [0.29, 0.717) is 0 Å². The molecule has 0 saturated carbocycles. The summed E-state index contributed by atoms with van der Waals surface area (Å²) >= 11 is 0. The number of allylic oxidation sites excluding steroid dienone is 5. The van der Waals surface area contributed by atoms with E-state index in [1.54, 1.807) is 0 Å². The van der Waals surface area contributed by atoms with Crippen LogP contribution in [0.2, 0.25) is 0 Å². The minimum Gasteiger partial charge on any atom is -0.298 e. The molecule has 2 aromatic carbocycles. The summed E-state index contributed by atoms with van der Waals surface area (Å²) < 4.78 is 0. The first-order valence-electron chi connectivity index (χ1n) is 6.99. The van der Waals surface area contributed by atoms with Crippen LogP contribution < -0.4 is 0 Å². The normalized spacial score (nSPS) is 14.0. The van der Waals surface area contributed by atoms with Crippen LogP contribution in [0.5, 0.6) is 0 Å². The van der Waals surface area contributed by atoms with Gasteiger partial charge in [-0.1, -0.05) is 72.3 Å². The van der Waals surface area contributed by atoms with Gasteiger partial charge in [0.15, 0.2) is 6.29 Å². The highest BCUT2D eigenvalue weighted by molar-refractivity contribution is 6.07. The average Bonchev–Trinajstić information content (AvgIpc) is 2.47. The van der Waals surface area contributed by atoms with Gasteiger partial charge < -0.3 is 0 Å². The van der Waals surface area contributed by atoms with Gasteiger partial charge in [-0.25, -0.2) is 0 Å². The lowest BCUT2D eigenvalue weighted by Crippen LogP contribution is -2.03. The Morgan fingerprint density at radius 1 is 0.905 bits per heavy atom. The summed E-state index contributed by atoms with van der Waals surface area (Å²) in [4.78, 5) is 11.1. The van der Waals surface area contributed by atoms with Crippen molar-refractivity contribution in [2.24, 2.45) is 0 Å². The van der Waals surface area contributed by atoms with Crippen LogP contribution in [0.3, 0.4) is 0 Å². The molecule has 0 radical (unpaired) electrons. The largest absolute Gasteiger partial charge is 0.298 e. The van der Waals surface area contributed by atoms with Crippen molar-refractivity contribution in [3.8, 4) is 0 Å². The van der Waals surface area contributed by atoms with E-state index in [-0.39, 0.29) is 0 Å². The Labute approximate surface area is 124 Å². The number of carbonyl (C=O) groups excluding carboxylic acids is 1. The summed E-state index contributed by atoms with van der Waals surface area (Å²) in [5.41, 5.74) is 6.41. The van der Waals surface area contributed by atoms with Crippen LogP contribution in [-0.4, -0.2) is 6.29 Å². The molecule has 0 bridgehead atoms. The summed E-state index contributed by atoms with van der Waals surface area (Å²) in [7, 11) is 0. The molecule has 1 aliphatic carbocycles. The minimum absolute atomic E-state index is 0.769. The number of carbonyl (C=O) groups is 1. The molecule has 2 aromatic rings. The van der Waals surface area contributed by atoms with Crippen molar-refractivity contribution in [1.29, 1.82) is 0 Å². The van der Waals surface area contributed by atoms with Crippen LogP contribution in [0.1, 0.15) is 16.7 Å². The van der Waals surface area contributed by atoms with Crippen molar-refractivity contribution in [1.82, 2.24) is 0 Å². The van der Waals surface area contributed by atoms with Crippen molar-refractivity contribution in [3.05, 3.63) is 94.6 Å². The number of aryl methyl sites for hydroxylation is 1. The summed E-state index contributed by atoms with van der Waals surface area (Å²) in [6.45, 7) is 2.08. The van der Waals surface area contributed by atoms with E-state index in [4.69, 9.17) is 0 Å². The smallest absolute Gasteiger partial charge is 0.150 e. The van der Waals surface area contributed by atoms with Gasteiger partial charge in [0.1, 0.15) is 0 Å². The monoisotopic (exact) mass is 272 g/mol. The van der Waals surface area contributed by atoms with Gasteiger partial charge in [-0.05, 0) is 35.3 Å². The predicted molar refractivity (Wildman–Crippen MR) is 87.7 cm³/mol. The summed E-state index contributed by atoms with van der Waals surface area (Å²) in [6.07, 6.45) is 7.02. The molecule has 3 rings (SSSR count). The third kappa shape index (κ3) is 2.77. The van der Waals surface area contributed by atoms with E-state index in [1.165, 1.54) is 11.1 Å². The van der Waals surface area contributed by atoms with Gasteiger partial charge in [0.05, 0.1) is 0 Å². The molecule has 0 heterocycles. The van der Waals surface area contributed by atoms with Crippen LogP contribution in [0, 0.1) is 6.92 Å². The van der Waals surface area contributed by atoms with Gasteiger partial charge in [0, 0.05) is 5.57 Å². The fourth-order valence-electron chi connectivity index (χ4n) is 2.52. The van der Waals surface area contributed by atoms with Crippen LogP contribution >= 0.6 is 0 Å². The Hall–Kier alpha value is -2.67. The van der Waals surface area contributed by atoms with Crippen molar-refractivity contribution < 1.29 is 4.79 Å². The lowest BCUT2D eigenvalue weighted by atomic mass is 9.84. The van der Waals surface area contributed by atoms with Crippen molar-refractivity contribution in [2.45, 2.75) is 6.92 Å². The predicted octanol–water partition coefficient (Wildman–Crippen LogP) is 4.60. The lowest BCUT2D eigenvalue weighted by molar-refractivity contribution is -0.104. The molecule has 0 aromatic heterocycles. The van der Waals surface area contributed by atoms with Crippen molar-refractivity contribution in [3.63, 3.8) is 0 Å². The summed E-state index contributed by atoms with van der Waals surface area (Å²) in [6, 6.07) is 18.4. The molecule has 0 amide bonds. The van der Waals surface area contributed by atoms with E-state index >= 15 is 0 Å². The molecule has 1 aliphatic rings. The van der Waals surface area contributed by atoms with Gasteiger partial charge in [0.25, 0.3) is 0 Å². The first-order chi connectivity index (χ1) is 10.3. The Bertz CT molecular complexity index is 761. The van der Waals surface area contributed by atoms with Crippen LogP contribution in [0.15, 0.2) is 77.9 Å². The average molecular weight is 272 g/mol. The Morgan fingerprint density at radius 2 is 1.71 bits per heavy atom. The molecule has 0 spiro atoms. The fraction of sp³-hybridized carbons (Fsp3) is 0.0500. The third-order valence-electron chi connectivity index (χ3n) is 3.58. The Kier molecular flexibility index (Phi) is 3.65. The van der Waals surface area contributed by atoms with Gasteiger partial charge >= 0.3 is 0 Å². The second kappa shape index (κ2) is 5.76. The minimum atomic E-state index is 0.769. The van der Waals surface area contributed by atoms with E-state index < -0.39 is 0 Å². The van der Waals surface area contributed by atoms with E-state index in [2.05, 4.69) is 43.3 Å². The molecular weight excluding hydrogens is 256 g/mol. The fourth-order valence-corrected chi connectivity index (χ4v) is 2.52. The number of aldehydes is 1. The molecule has 1 nitrogen and oxygen atoms in total. The Morgan fingerprint density at radius 3 is 2.43 bits per heavy atom. The molecule has 21 heavy (non-hydrogen) atoms. The van der Waals surface area contributed by atoms with Gasteiger partial charge in [-0.2, -0.15) is 0 Å². The molecular formula is C20H16O. The molecule has 0 unspecified atom stereocenters. The zero-order valence-corrected chi connectivity index (χ0v) is 11.9. The quantitative estimate of drug-likeness (QED) is 0.743. The topological polar surface area (TPSA) is 17.1 Å². The number of hydrogen-bond acceptors (Lipinski definition) is 1. The first kappa shape index (κ1) is 13.3. The lowest BCUT2D eigenvalue weighted by Gasteiger charge is -2.19. The standard InChI is InChI=1S/C20H16O/c1-15-6-5-7-16(12-15)10-11-18-13-19(14-21)20(18)17-8-3-2-4-9-17/h2-14H,1H3/b11-10+. The van der Waals surface area contributed by atoms with Crippen LogP contribution in [-0.2, 0) is 4.79 Å². The highest BCUT2D eigenvalue weighted by Gasteiger charge is 2.18. The zero-order chi connectivity index (χ0) is 14.7. The van der Waals surface area contributed by atoms with Crippen LogP contribution in [0.25, 0.3) is 11.6 Å². The Balaban J connectivity index is 1.92. The van der Waals surface area contributed by atoms with E-state index in [9.17, 15) is 4.79 Å². The molecule has 102 valence electrons. The zero-order valence-electron chi connectivity index (χ0n) is 11.9. The van der Waals surface area contributed by atoms with Gasteiger partial charge in [-0.3, -0.25) is 4.79 Å². The third-order valence-corrected chi connectivity index (χ3v) is 3.58. The van der Waals surface area contributed by atoms with Crippen molar-refractivity contribution >= 4 is 17.9 Å². The van der Waals surface area contributed by atoms with Gasteiger partial charge in [-0.15, -0.1) is 0 Å². The maximum absolute atomic E-state index is 11.1. The van der Waals surface area contributed by atoms with Gasteiger partial charge in [0.2, 0.25) is 0 Å². The second-order valence-corrected chi connectivity index (χ2v) is 5.16. The highest BCUT2D eigenvalue weighted by Crippen LogP contribution is 2.35. The summed E-state index contributed by atoms with van der Waals surface area (Å²) in [5.74, 6) is 0. The molecule has 1 heteroatoms. The SMILES string of the molecule is Cc1cccc(/C=C/C2=C(c3ccccc3)C(C=O)=C2)c1. The van der Waals surface area contributed by atoms with Crippen molar-refractivity contribution in [2.75, 3.05) is 0 Å². The number of rotatable bonds is 4. The second-order valence-electron chi connectivity index (χ2n) is 5.16. The molecule has 0 atom stereocenters. The maximum atomic E-state index is 11.1. The highest BCUT2D eigenvalue weighted by atomic mass is 16.1. The van der Waals surface area contributed by atoms with Crippen LogP contribution in [0.4, 0.5) is 0 Å². The van der Waals surface area contributed by atoms with E-state index in [1.807, 2.05) is 36.4 Å². The molecule has 0 aliphatic heterocycles. The maximum Gasteiger partial charge on any atom is 0.150 e. The number of benzene rings is 2. The number of hydrogen-bond donors (Lipinski definition) is 0. The van der Waals surface area contributed by atoms with E-state index in [0.717, 1.165) is 28.6 Å². The molecule has 0 fully saturated rings. The first-order valence-corrected chi connectivity index (χ1v) is 6.99. The molecule has 0 N–H and O–H groups in total. The molecule has 0 saturated heterocycles. The summed E-state index contributed by atoms with van der Waals surface area (Å²) in [5, 5.41) is 0.